The first-order valence-corrected chi connectivity index (χ1v) is 9.40. The van der Waals surface area contributed by atoms with Crippen LogP contribution < -0.4 is 5.32 Å². The Bertz CT molecular complexity index is 435. The Morgan fingerprint density at radius 3 is 2.62 bits per heavy atom. The minimum Gasteiger partial charge on any atom is -0.480 e. The van der Waals surface area contributed by atoms with Crippen molar-refractivity contribution >= 4 is 12.0 Å². The number of urea groups is 1. The van der Waals surface area contributed by atoms with Crippen molar-refractivity contribution in [2.75, 3.05) is 26.2 Å². The van der Waals surface area contributed by atoms with Gasteiger partial charge in [0, 0.05) is 25.2 Å². The van der Waals surface area contributed by atoms with Gasteiger partial charge in [-0.1, -0.05) is 20.8 Å². The van der Waals surface area contributed by atoms with Crippen LogP contribution in [0.4, 0.5) is 4.79 Å². The fourth-order valence-electron chi connectivity index (χ4n) is 4.05. The maximum atomic E-state index is 12.5. The number of carbonyl (C=O) groups is 2. The maximum absolute atomic E-state index is 12.5. The number of carboxylic acid groups (broad SMARTS) is 1. The molecule has 138 valence electrons. The zero-order valence-electron chi connectivity index (χ0n) is 15.3. The van der Waals surface area contributed by atoms with Gasteiger partial charge in [0.1, 0.15) is 0 Å². The molecule has 2 aliphatic rings. The van der Waals surface area contributed by atoms with Crippen molar-refractivity contribution in [1.82, 2.24) is 15.1 Å². The molecule has 0 aromatic carbocycles. The SMILES string of the molecule is CCN(CC(=O)O)C1CC(NC(=O)N2CCCC(CC(C)C)C2)C1. The van der Waals surface area contributed by atoms with E-state index in [9.17, 15) is 9.59 Å². The number of nitrogens with zero attached hydrogens (tertiary/aromatic N) is 2. The Labute approximate surface area is 145 Å². The van der Waals surface area contributed by atoms with E-state index in [0.717, 1.165) is 38.9 Å². The summed E-state index contributed by atoms with van der Waals surface area (Å²) >= 11 is 0. The first kappa shape index (κ1) is 19.0. The molecular weight excluding hydrogens is 306 g/mol. The minimum atomic E-state index is -0.783. The fourth-order valence-corrected chi connectivity index (χ4v) is 4.05. The maximum Gasteiger partial charge on any atom is 0.317 e. The third kappa shape index (κ3) is 5.36. The van der Waals surface area contributed by atoms with Crippen molar-refractivity contribution in [1.29, 1.82) is 0 Å². The van der Waals surface area contributed by atoms with E-state index in [2.05, 4.69) is 19.2 Å². The molecule has 6 nitrogen and oxygen atoms in total. The Balaban J connectivity index is 1.73. The number of carbonyl (C=O) groups excluding carboxylic acids is 1. The molecule has 0 aromatic heterocycles. The highest BCUT2D eigenvalue weighted by molar-refractivity contribution is 5.74. The molecule has 0 aromatic rings. The van der Waals surface area contributed by atoms with E-state index in [1.807, 2.05) is 16.7 Å². The summed E-state index contributed by atoms with van der Waals surface area (Å²) in [5.41, 5.74) is 0. The topological polar surface area (TPSA) is 72.9 Å². The molecule has 1 saturated heterocycles. The van der Waals surface area contributed by atoms with E-state index >= 15 is 0 Å². The van der Waals surface area contributed by atoms with Gasteiger partial charge in [0.05, 0.1) is 6.54 Å². The van der Waals surface area contributed by atoms with E-state index in [-0.39, 0.29) is 24.7 Å². The molecule has 0 bridgehead atoms. The summed E-state index contributed by atoms with van der Waals surface area (Å²) in [6.45, 7) is 9.02. The van der Waals surface area contributed by atoms with Gasteiger partial charge in [-0.25, -0.2) is 4.79 Å². The Hall–Kier alpha value is -1.30. The third-order valence-corrected chi connectivity index (χ3v) is 5.31. The largest absolute Gasteiger partial charge is 0.480 e. The smallest absolute Gasteiger partial charge is 0.317 e. The Morgan fingerprint density at radius 1 is 1.33 bits per heavy atom. The molecule has 24 heavy (non-hydrogen) atoms. The fraction of sp³-hybridized carbons (Fsp3) is 0.889. The number of likely N-dealkylation sites (tertiary alicyclic amines) is 1. The number of piperidine rings is 1. The summed E-state index contributed by atoms with van der Waals surface area (Å²) in [5.74, 6) is 0.526. The molecule has 2 rings (SSSR count). The van der Waals surface area contributed by atoms with Crippen molar-refractivity contribution < 1.29 is 14.7 Å². The first-order chi connectivity index (χ1) is 11.4. The van der Waals surface area contributed by atoms with Crippen LogP contribution in [0.1, 0.15) is 52.9 Å². The Kier molecular flexibility index (Phi) is 6.90. The third-order valence-electron chi connectivity index (χ3n) is 5.31. The summed E-state index contributed by atoms with van der Waals surface area (Å²) in [6.07, 6.45) is 5.23. The van der Waals surface area contributed by atoms with E-state index in [0.29, 0.717) is 11.8 Å². The standard InChI is InChI=1S/C18H33N3O3/c1-4-20(12-17(22)23)16-9-15(10-16)19-18(24)21-7-5-6-14(11-21)8-13(2)3/h13-16H,4-12H2,1-3H3,(H,19,24)(H,22,23). The average molecular weight is 339 g/mol. The molecule has 2 N–H and O–H groups in total. The quantitative estimate of drug-likeness (QED) is 0.747. The van der Waals surface area contributed by atoms with Gasteiger partial charge in [0.25, 0.3) is 0 Å². The molecule has 0 spiro atoms. The van der Waals surface area contributed by atoms with Gasteiger partial charge in [-0.2, -0.15) is 0 Å². The number of amides is 2. The summed E-state index contributed by atoms with van der Waals surface area (Å²) in [7, 11) is 0. The zero-order chi connectivity index (χ0) is 17.7. The zero-order valence-corrected chi connectivity index (χ0v) is 15.3. The molecular formula is C18H33N3O3. The second-order valence-electron chi connectivity index (χ2n) is 7.81. The predicted molar refractivity (Wildman–Crippen MR) is 94.0 cm³/mol. The highest BCUT2D eigenvalue weighted by Crippen LogP contribution is 2.27. The number of likely N-dealkylation sites (N-methyl/N-ethyl adjacent to an activating group) is 1. The molecule has 6 heteroatoms. The predicted octanol–water partition coefficient (Wildman–Crippen LogP) is 2.39. The van der Waals surface area contributed by atoms with Gasteiger partial charge in [0.2, 0.25) is 0 Å². The number of hydrogen-bond acceptors (Lipinski definition) is 3. The lowest BCUT2D eigenvalue weighted by molar-refractivity contribution is -0.139. The van der Waals surface area contributed by atoms with Crippen LogP contribution in [0.2, 0.25) is 0 Å². The van der Waals surface area contributed by atoms with Gasteiger partial charge in [-0.3, -0.25) is 9.69 Å². The summed E-state index contributed by atoms with van der Waals surface area (Å²) in [4.78, 5) is 27.3. The van der Waals surface area contributed by atoms with E-state index in [4.69, 9.17) is 5.11 Å². The summed E-state index contributed by atoms with van der Waals surface area (Å²) < 4.78 is 0. The van der Waals surface area contributed by atoms with Crippen LogP contribution in [0.3, 0.4) is 0 Å². The van der Waals surface area contributed by atoms with Crippen LogP contribution in [0.5, 0.6) is 0 Å². The summed E-state index contributed by atoms with van der Waals surface area (Å²) in [5, 5.41) is 12.1. The highest BCUT2D eigenvalue weighted by atomic mass is 16.4. The molecule has 1 aliphatic carbocycles. The lowest BCUT2D eigenvalue weighted by Gasteiger charge is -2.43. The van der Waals surface area contributed by atoms with Crippen molar-refractivity contribution in [3.05, 3.63) is 0 Å². The van der Waals surface area contributed by atoms with Crippen LogP contribution in [0.25, 0.3) is 0 Å². The molecule has 0 radical (unpaired) electrons. The highest BCUT2D eigenvalue weighted by Gasteiger charge is 2.36. The van der Waals surface area contributed by atoms with Gasteiger partial charge in [-0.15, -0.1) is 0 Å². The molecule has 2 amide bonds. The van der Waals surface area contributed by atoms with Crippen molar-refractivity contribution in [2.24, 2.45) is 11.8 Å². The van der Waals surface area contributed by atoms with E-state index in [1.165, 1.54) is 12.8 Å². The molecule has 1 saturated carbocycles. The van der Waals surface area contributed by atoms with Crippen LogP contribution >= 0.6 is 0 Å². The van der Waals surface area contributed by atoms with Gasteiger partial charge in [0.15, 0.2) is 0 Å². The minimum absolute atomic E-state index is 0.0631. The molecule has 2 fully saturated rings. The van der Waals surface area contributed by atoms with E-state index < -0.39 is 5.97 Å². The van der Waals surface area contributed by atoms with Gasteiger partial charge in [-0.05, 0) is 50.5 Å². The number of hydrogen-bond donors (Lipinski definition) is 2. The molecule has 1 unspecified atom stereocenters. The Morgan fingerprint density at radius 2 is 2.04 bits per heavy atom. The van der Waals surface area contributed by atoms with Crippen molar-refractivity contribution in [3.8, 4) is 0 Å². The van der Waals surface area contributed by atoms with Crippen LogP contribution in [-0.2, 0) is 4.79 Å². The van der Waals surface area contributed by atoms with E-state index in [1.54, 1.807) is 0 Å². The van der Waals surface area contributed by atoms with Crippen LogP contribution in [-0.4, -0.2) is 65.2 Å². The lowest BCUT2D eigenvalue weighted by atomic mass is 9.85. The number of nitrogens with one attached hydrogen (secondary N) is 1. The number of rotatable bonds is 7. The number of aliphatic carboxylic acids is 1. The second kappa shape index (κ2) is 8.70. The normalized spacial score (nSPS) is 27.2. The van der Waals surface area contributed by atoms with Crippen LogP contribution in [0, 0.1) is 11.8 Å². The molecule has 1 aliphatic heterocycles. The van der Waals surface area contributed by atoms with Crippen molar-refractivity contribution in [3.63, 3.8) is 0 Å². The number of carboxylic acids is 1. The van der Waals surface area contributed by atoms with Gasteiger partial charge < -0.3 is 15.3 Å². The second-order valence-corrected chi connectivity index (χ2v) is 7.81. The first-order valence-electron chi connectivity index (χ1n) is 9.40. The molecule has 1 atom stereocenters. The van der Waals surface area contributed by atoms with Gasteiger partial charge >= 0.3 is 12.0 Å². The molecule has 1 heterocycles. The lowest BCUT2D eigenvalue weighted by Crippen LogP contribution is -2.57. The summed E-state index contributed by atoms with van der Waals surface area (Å²) in [6, 6.07) is 0.537. The average Bonchev–Trinajstić information content (AvgIpc) is 2.47. The van der Waals surface area contributed by atoms with Crippen molar-refractivity contribution in [2.45, 2.75) is 65.0 Å². The monoisotopic (exact) mass is 339 g/mol. The van der Waals surface area contributed by atoms with Crippen LogP contribution in [0.15, 0.2) is 0 Å².